The van der Waals surface area contributed by atoms with E-state index >= 15 is 0 Å². The lowest BCUT2D eigenvalue weighted by molar-refractivity contribution is 0.460. The van der Waals surface area contributed by atoms with Gasteiger partial charge in [0, 0.05) is 33.6 Å². The van der Waals surface area contributed by atoms with Gasteiger partial charge in [-0.1, -0.05) is 72.3 Å². The second-order valence-corrected chi connectivity index (χ2v) is 11.7. The summed E-state index contributed by atoms with van der Waals surface area (Å²) >= 11 is 6.35. The number of rotatable bonds is 6. The standard InChI is InChI=1S/C30H24ClN5O3S/c1-40(38,39)35-22-11-7-10-20(16-22)26-18-27(23-12-5-6-13-28(23)37)36(34-26)30-32-25-15-14-21(31)17-24(25)29(33-30)19-8-3-2-4-9-19/h2-17,27,35,37H,18H2,1H3. The van der Waals surface area contributed by atoms with Gasteiger partial charge >= 0.3 is 0 Å². The Kier molecular flexibility index (Phi) is 6.61. The molecule has 2 heterocycles. The first-order valence-electron chi connectivity index (χ1n) is 12.5. The molecule has 0 bridgehead atoms. The highest BCUT2D eigenvalue weighted by Crippen LogP contribution is 2.40. The number of aromatic nitrogens is 2. The van der Waals surface area contributed by atoms with Gasteiger partial charge in [0.2, 0.25) is 16.0 Å². The molecule has 0 saturated carbocycles. The molecule has 0 amide bonds. The van der Waals surface area contributed by atoms with Crippen molar-refractivity contribution in [2.75, 3.05) is 16.0 Å². The van der Waals surface area contributed by atoms with Gasteiger partial charge in [0.1, 0.15) is 5.75 Å². The smallest absolute Gasteiger partial charge is 0.247 e. The molecule has 5 aromatic rings. The number of hydrogen-bond donors (Lipinski definition) is 2. The topological polar surface area (TPSA) is 108 Å². The lowest BCUT2D eigenvalue weighted by atomic mass is 9.97. The number of phenolic OH excluding ortho intramolecular Hbond substituents is 1. The van der Waals surface area contributed by atoms with Crippen LogP contribution in [0.3, 0.4) is 0 Å². The summed E-state index contributed by atoms with van der Waals surface area (Å²) in [7, 11) is -3.45. The Labute approximate surface area is 236 Å². The maximum absolute atomic E-state index is 11.8. The zero-order chi connectivity index (χ0) is 27.9. The van der Waals surface area contributed by atoms with Crippen molar-refractivity contribution in [3.05, 3.63) is 113 Å². The molecule has 1 unspecified atom stereocenters. The van der Waals surface area contributed by atoms with Crippen LogP contribution in [-0.2, 0) is 10.0 Å². The molecule has 0 aliphatic carbocycles. The fourth-order valence-electron chi connectivity index (χ4n) is 4.86. The van der Waals surface area contributed by atoms with Gasteiger partial charge in [-0.15, -0.1) is 0 Å². The van der Waals surface area contributed by atoms with Crippen molar-refractivity contribution in [3.8, 4) is 17.0 Å². The van der Waals surface area contributed by atoms with Gasteiger partial charge in [0.15, 0.2) is 0 Å². The van der Waals surface area contributed by atoms with Gasteiger partial charge < -0.3 is 5.11 Å². The van der Waals surface area contributed by atoms with Crippen molar-refractivity contribution >= 4 is 49.9 Å². The summed E-state index contributed by atoms with van der Waals surface area (Å²) in [6.07, 6.45) is 1.54. The minimum absolute atomic E-state index is 0.136. The van der Waals surface area contributed by atoms with Crippen LogP contribution in [0, 0.1) is 0 Å². The van der Waals surface area contributed by atoms with Gasteiger partial charge in [-0.2, -0.15) is 5.10 Å². The number of aromatic hydroxyl groups is 1. The van der Waals surface area contributed by atoms with E-state index in [0.717, 1.165) is 22.8 Å². The summed E-state index contributed by atoms with van der Waals surface area (Å²) in [6.45, 7) is 0. The average molecular weight is 570 g/mol. The molecule has 4 aromatic carbocycles. The summed E-state index contributed by atoms with van der Waals surface area (Å²) in [4.78, 5) is 9.83. The van der Waals surface area contributed by atoms with Crippen LogP contribution in [0.25, 0.3) is 22.2 Å². The van der Waals surface area contributed by atoms with Crippen LogP contribution in [0.2, 0.25) is 5.02 Å². The Balaban J connectivity index is 1.52. The molecule has 1 atom stereocenters. The molecular weight excluding hydrogens is 546 g/mol. The molecule has 0 saturated heterocycles. The molecule has 0 spiro atoms. The van der Waals surface area contributed by atoms with E-state index in [1.54, 1.807) is 41.4 Å². The van der Waals surface area contributed by atoms with E-state index in [2.05, 4.69) is 4.72 Å². The number of nitrogens with zero attached hydrogens (tertiary/aromatic N) is 4. The van der Waals surface area contributed by atoms with Crippen LogP contribution in [0.15, 0.2) is 102 Å². The Bertz CT molecular complexity index is 1880. The van der Waals surface area contributed by atoms with Gasteiger partial charge in [-0.25, -0.2) is 23.4 Å². The number of nitrogens with one attached hydrogen (secondary N) is 1. The molecular formula is C30H24ClN5O3S. The molecule has 1 aromatic heterocycles. The second kappa shape index (κ2) is 10.3. The van der Waals surface area contributed by atoms with Crippen LogP contribution in [0.5, 0.6) is 5.75 Å². The highest BCUT2D eigenvalue weighted by molar-refractivity contribution is 7.92. The number of hydrogen-bond acceptors (Lipinski definition) is 7. The predicted octanol–water partition coefficient (Wildman–Crippen LogP) is 6.38. The van der Waals surface area contributed by atoms with Crippen molar-refractivity contribution < 1.29 is 13.5 Å². The summed E-state index contributed by atoms with van der Waals surface area (Å²) in [5.41, 5.74) is 4.87. The van der Waals surface area contributed by atoms with Gasteiger partial charge in [-0.3, -0.25) is 4.72 Å². The molecule has 0 fully saturated rings. The molecule has 1 aliphatic heterocycles. The molecule has 0 radical (unpaired) electrons. The minimum atomic E-state index is -3.45. The Morgan fingerprint density at radius 3 is 2.42 bits per heavy atom. The van der Waals surface area contributed by atoms with E-state index in [9.17, 15) is 13.5 Å². The monoisotopic (exact) mass is 569 g/mol. The van der Waals surface area contributed by atoms with Crippen LogP contribution < -0.4 is 9.73 Å². The van der Waals surface area contributed by atoms with Gasteiger partial charge in [0.05, 0.1) is 29.2 Å². The van der Waals surface area contributed by atoms with Gasteiger partial charge in [-0.05, 0) is 42.0 Å². The van der Waals surface area contributed by atoms with Crippen LogP contribution in [0.4, 0.5) is 11.6 Å². The van der Waals surface area contributed by atoms with Crippen molar-refractivity contribution in [3.63, 3.8) is 0 Å². The Morgan fingerprint density at radius 2 is 1.65 bits per heavy atom. The third-order valence-corrected chi connectivity index (χ3v) is 7.44. The predicted molar refractivity (Wildman–Crippen MR) is 159 cm³/mol. The number of fused-ring (bicyclic) bond motifs is 1. The van der Waals surface area contributed by atoms with Crippen molar-refractivity contribution in [2.24, 2.45) is 5.10 Å². The summed E-state index contributed by atoms with van der Waals surface area (Å²) in [5, 5.41) is 18.8. The first kappa shape index (κ1) is 25.8. The number of para-hydroxylation sites is 1. The van der Waals surface area contributed by atoms with Crippen molar-refractivity contribution in [1.82, 2.24) is 9.97 Å². The molecule has 8 nitrogen and oxygen atoms in total. The molecule has 6 rings (SSSR count). The number of anilines is 2. The zero-order valence-electron chi connectivity index (χ0n) is 21.4. The average Bonchev–Trinajstić information content (AvgIpc) is 3.38. The van der Waals surface area contributed by atoms with Crippen molar-refractivity contribution in [2.45, 2.75) is 12.5 Å². The fourth-order valence-corrected chi connectivity index (χ4v) is 5.59. The molecule has 1 aliphatic rings. The third-order valence-electron chi connectivity index (χ3n) is 6.60. The lowest BCUT2D eigenvalue weighted by Crippen LogP contribution is -2.21. The Morgan fingerprint density at radius 1 is 0.900 bits per heavy atom. The normalized spacial score (nSPS) is 15.3. The highest BCUT2D eigenvalue weighted by atomic mass is 35.5. The molecule has 2 N–H and O–H groups in total. The number of phenols is 1. The second-order valence-electron chi connectivity index (χ2n) is 9.52. The SMILES string of the molecule is CS(=O)(=O)Nc1cccc(C2=NN(c3nc(-c4ccccc4)c4cc(Cl)ccc4n3)C(c3ccccc3O)C2)c1. The lowest BCUT2D eigenvalue weighted by Gasteiger charge is -2.23. The number of hydrazone groups is 1. The third kappa shape index (κ3) is 5.21. The van der Waals surface area contributed by atoms with E-state index in [-0.39, 0.29) is 5.75 Å². The van der Waals surface area contributed by atoms with Crippen LogP contribution in [0.1, 0.15) is 23.6 Å². The van der Waals surface area contributed by atoms with Crippen LogP contribution >= 0.6 is 11.6 Å². The number of sulfonamides is 1. The highest BCUT2D eigenvalue weighted by Gasteiger charge is 2.34. The quantitative estimate of drug-likeness (QED) is 0.245. The first-order chi connectivity index (χ1) is 19.2. The van der Waals surface area contributed by atoms with E-state index in [1.165, 1.54) is 0 Å². The van der Waals surface area contributed by atoms with Crippen LogP contribution in [-0.4, -0.2) is 35.5 Å². The summed E-state index contributed by atoms with van der Waals surface area (Å²) in [5.74, 6) is 0.500. The van der Waals surface area contributed by atoms with E-state index in [0.29, 0.717) is 45.6 Å². The maximum atomic E-state index is 11.8. The van der Waals surface area contributed by atoms with E-state index in [1.807, 2.05) is 60.7 Å². The summed E-state index contributed by atoms with van der Waals surface area (Å²) < 4.78 is 26.2. The summed E-state index contributed by atoms with van der Waals surface area (Å²) in [6, 6.07) is 29.1. The zero-order valence-corrected chi connectivity index (χ0v) is 22.9. The molecule has 200 valence electrons. The fraction of sp³-hybridized carbons (Fsp3) is 0.100. The number of halogens is 1. The Hall–Kier alpha value is -4.47. The van der Waals surface area contributed by atoms with Crippen molar-refractivity contribution in [1.29, 1.82) is 0 Å². The molecule has 40 heavy (non-hydrogen) atoms. The van der Waals surface area contributed by atoms with Gasteiger partial charge in [0.25, 0.3) is 0 Å². The largest absolute Gasteiger partial charge is 0.508 e. The van der Waals surface area contributed by atoms with E-state index in [4.69, 9.17) is 26.7 Å². The number of benzene rings is 4. The molecule has 10 heteroatoms. The van der Waals surface area contributed by atoms with E-state index < -0.39 is 16.1 Å². The maximum Gasteiger partial charge on any atom is 0.247 e. The minimum Gasteiger partial charge on any atom is -0.508 e. The first-order valence-corrected chi connectivity index (χ1v) is 14.8.